The van der Waals surface area contributed by atoms with Gasteiger partial charge in [0, 0.05) is 12.4 Å². The number of aliphatic carboxylic acids is 1. The summed E-state index contributed by atoms with van der Waals surface area (Å²) in [7, 11) is 2.04. The number of hydrogen-bond donors (Lipinski definition) is 1. The number of fused-ring (bicyclic) bond motifs is 3. The molecule has 2 aromatic rings. The summed E-state index contributed by atoms with van der Waals surface area (Å²) < 4.78 is 8.21. The highest BCUT2D eigenvalue weighted by Crippen LogP contribution is 2.43. The number of nitrogens with zero attached hydrogens (tertiary/aromatic N) is 1. The van der Waals surface area contributed by atoms with Gasteiger partial charge < -0.3 is 14.4 Å². The summed E-state index contributed by atoms with van der Waals surface area (Å²) in [5.41, 5.74) is 4.14. The molecular formula is C18H23NO3. The molecule has 3 rings (SSSR count). The fourth-order valence-corrected chi connectivity index (χ4v) is 3.98. The molecule has 0 fully saturated rings. The number of ether oxygens (including phenoxy) is 1. The van der Waals surface area contributed by atoms with Crippen molar-refractivity contribution in [2.24, 2.45) is 7.05 Å². The van der Waals surface area contributed by atoms with Crippen LogP contribution in [0.5, 0.6) is 0 Å². The number of carbonyl (C=O) groups is 1. The summed E-state index contributed by atoms with van der Waals surface area (Å²) in [4.78, 5) is 11.4. The molecule has 0 saturated heterocycles. The minimum absolute atomic E-state index is 0.0160. The van der Waals surface area contributed by atoms with Crippen molar-refractivity contribution in [1.82, 2.24) is 4.57 Å². The molecule has 1 aliphatic rings. The van der Waals surface area contributed by atoms with Crippen LogP contribution in [0.15, 0.2) is 18.2 Å². The minimum atomic E-state index is -0.810. The lowest BCUT2D eigenvalue weighted by atomic mass is 9.86. The molecule has 0 aliphatic carbocycles. The summed E-state index contributed by atoms with van der Waals surface area (Å²) in [5, 5.41) is 10.6. The third-order valence-electron chi connectivity index (χ3n) is 4.95. The molecule has 0 radical (unpaired) electrons. The average molecular weight is 301 g/mol. The Bertz CT molecular complexity index is 731. The first-order valence-corrected chi connectivity index (χ1v) is 7.99. The van der Waals surface area contributed by atoms with Gasteiger partial charge in [0.15, 0.2) is 0 Å². The van der Waals surface area contributed by atoms with E-state index in [1.54, 1.807) is 0 Å². The normalized spacial score (nSPS) is 21.0. The molecule has 0 amide bonds. The predicted molar refractivity (Wildman–Crippen MR) is 86.2 cm³/mol. The SMILES string of the molecule is CCc1cccc2c3c(n(C)c12)C(CC)(CC(=O)O)OCC3. The summed E-state index contributed by atoms with van der Waals surface area (Å²) in [6.45, 7) is 4.75. The third kappa shape index (κ3) is 2.05. The van der Waals surface area contributed by atoms with Gasteiger partial charge in [-0.1, -0.05) is 32.0 Å². The van der Waals surface area contributed by atoms with Crippen molar-refractivity contribution in [2.75, 3.05) is 6.61 Å². The van der Waals surface area contributed by atoms with Crippen LogP contribution in [-0.2, 0) is 35.0 Å². The second kappa shape index (κ2) is 5.43. The van der Waals surface area contributed by atoms with Crippen LogP contribution in [0.4, 0.5) is 0 Å². The fraction of sp³-hybridized carbons (Fsp3) is 0.500. The van der Waals surface area contributed by atoms with E-state index in [4.69, 9.17) is 4.74 Å². The molecule has 118 valence electrons. The fourth-order valence-electron chi connectivity index (χ4n) is 3.98. The molecule has 1 atom stereocenters. The monoisotopic (exact) mass is 301 g/mol. The van der Waals surface area contributed by atoms with E-state index in [0.717, 1.165) is 18.5 Å². The topological polar surface area (TPSA) is 51.5 Å². The third-order valence-corrected chi connectivity index (χ3v) is 4.95. The van der Waals surface area contributed by atoms with E-state index < -0.39 is 11.6 Å². The number of aromatic nitrogens is 1. The van der Waals surface area contributed by atoms with Gasteiger partial charge in [-0.15, -0.1) is 0 Å². The molecule has 1 N–H and O–H groups in total. The van der Waals surface area contributed by atoms with Gasteiger partial charge in [-0.25, -0.2) is 0 Å². The highest BCUT2D eigenvalue weighted by molar-refractivity contribution is 5.89. The number of aryl methyl sites for hydroxylation is 2. The van der Waals surface area contributed by atoms with Crippen LogP contribution in [0.25, 0.3) is 10.9 Å². The van der Waals surface area contributed by atoms with Gasteiger partial charge in [0.2, 0.25) is 0 Å². The molecule has 1 aliphatic heterocycles. The zero-order valence-corrected chi connectivity index (χ0v) is 13.5. The van der Waals surface area contributed by atoms with E-state index in [1.165, 1.54) is 22.0 Å². The Labute approximate surface area is 130 Å². The van der Waals surface area contributed by atoms with Gasteiger partial charge in [0.1, 0.15) is 5.60 Å². The number of hydrogen-bond acceptors (Lipinski definition) is 2. The van der Waals surface area contributed by atoms with Gasteiger partial charge in [-0.05, 0) is 30.4 Å². The van der Waals surface area contributed by atoms with E-state index in [1.807, 2.05) is 14.0 Å². The maximum atomic E-state index is 11.4. The number of benzene rings is 1. The van der Waals surface area contributed by atoms with Gasteiger partial charge in [0.25, 0.3) is 0 Å². The smallest absolute Gasteiger partial charge is 0.306 e. The molecule has 2 heterocycles. The molecular weight excluding hydrogens is 278 g/mol. The minimum Gasteiger partial charge on any atom is -0.481 e. The molecule has 0 saturated carbocycles. The Morgan fingerprint density at radius 1 is 1.41 bits per heavy atom. The first-order chi connectivity index (χ1) is 10.5. The summed E-state index contributed by atoms with van der Waals surface area (Å²) in [5.74, 6) is -0.810. The van der Waals surface area contributed by atoms with Gasteiger partial charge in [-0.2, -0.15) is 0 Å². The van der Waals surface area contributed by atoms with E-state index in [9.17, 15) is 9.90 Å². The highest BCUT2D eigenvalue weighted by atomic mass is 16.5. The summed E-state index contributed by atoms with van der Waals surface area (Å²) >= 11 is 0. The van der Waals surface area contributed by atoms with Crippen LogP contribution in [0.3, 0.4) is 0 Å². The van der Waals surface area contributed by atoms with Crippen LogP contribution >= 0.6 is 0 Å². The first kappa shape index (κ1) is 15.1. The van der Waals surface area contributed by atoms with Crippen molar-refractivity contribution in [3.8, 4) is 0 Å². The van der Waals surface area contributed by atoms with Crippen molar-refractivity contribution >= 4 is 16.9 Å². The lowest BCUT2D eigenvalue weighted by molar-refractivity contribution is -0.149. The Hall–Kier alpha value is -1.81. The molecule has 1 aromatic heterocycles. The Balaban J connectivity index is 2.33. The number of para-hydroxylation sites is 1. The van der Waals surface area contributed by atoms with Crippen LogP contribution in [0, 0.1) is 0 Å². The number of rotatable bonds is 4. The second-order valence-corrected chi connectivity index (χ2v) is 6.07. The first-order valence-electron chi connectivity index (χ1n) is 7.99. The van der Waals surface area contributed by atoms with E-state index >= 15 is 0 Å². The Morgan fingerprint density at radius 2 is 2.18 bits per heavy atom. The van der Waals surface area contributed by atoms with Crippen molar-refractivity contribution in [1.29, 1.82) is 0 Å². The van der Waals surface area contributed by atoms with E-state index in [2.05, 4.69) is 29.7 Å². The number of carboxylic acid groups (broad SMARTS) is 1. The molecule has 0 spiro atoms. The summed E-state index contributed by atoms with van der Waals surface area (Å²) in [6.07, 6.45) is 2.49. The lowest BCUT2D eigenvalue weighted by Gasteiger charge is -2.37. The maximum Gasteiger partial charge on any atom is 0.306 e. The Morgan fingerprint density at radius 3 is 2.82 bits per heavy atom. The van der Waals surface area contributed by atoms with Gasteiger partial charge in [-0.3, -0.25) is 4.79 Å². The quantitative estimate of drug-likeness (QED) is 0.941. The van der Waals surface area contributed by atoms with Crippen LogP contribution in [0.2, 0.25) is 0 Å². The van der Waals surface area contributed by atoms with Gasteiger partial charge >= 0.3 is 5.97 Å². The number of carboxylic acids is 1. The zero-order valence-electron chi connectivity index (χ0n) is 13.5. The average Bonchev–Trinajstić information content (AvgIpc) is 2.81. The van der Waals surface area contributed by atoms with Crippen molar-refractivity contribution in [3.05, 3.63) is 35.0 Å². The van der Waals surface area contributed by atoms with Crippen LogP contribution in [0.1, 0.15) is 43.5 Å². The molecule has 22 heavy (non-hydrogen) atoms. The summed E-state index contributed by atoms with van der Waals surface area (Å²) in [6, 6.07) is 6.40. The highest BCUT2D eigenvalue weighted by Gasteiger charge is 2.42. The second-order valence-electron chi connectivity index (χ2n) is 6.07. The van der Waals surface area contributed by atoms with E-state index in [0.29, 0.717) is 13.0 Å². The van der Waals surface area contributed by atoms with E-state index in [-0.39, 0.29) is 6.42 Å². The van der Waals surface area contributed by atoms with Crippen LogP contribution in [-0.4, -0.2) is 22.2 Å². The maximum absolute atomic E-state index is 11.4. The molecule has 1 aromatic carbocycles. The lowest BCUT2D eigenvalue weighted by Crippen LogP contribution is -2.38. The standard InChI is InChI=1S/C18H23NO3/c1-4-12-7-6-8-13-14-9-10-22-18(5-2,11-15(20)21)17(14)19(3)16(12)13/h6-8H,4-5,9-11H2,1-3H3,(H,20,21). The molecule has 1 unspecified atom stereocenters. The van der Waals surface area contributed by atoms with Gasteiger partial charge in [0.05, 0.1) is 24.2 Å². The van der Waals surface area contributed by atoms with Crippen molar-refractivity contribution in [2.45, 2.75) is 45.1 Å². The molecule has 4 heteroatoms. The largest absolute Gasteiger partial charge is 0.481 e. The van der Waals surface area contributed by atoms with Crippen molar-refractivity contribution in [3.63, 3.8) is 0 Å². The molecule has 0 bridgehead atoms. The van der Waals surface area contributed by atoms with Crippen LogP contribution < -0.4 is 0 Å². The molecule has 4 nitrogen and oxygen atoms in total. The van der Waals surface area contributed by atoms with Crippen molar-refractivity contribution < 1.29 is 14.6 Å². The zero-order chi connectivity index (χ0) is 15.9. The predicted octanol–water partition coefficient (Wildman–Crippen LogP) is 3.39. The Kier molecular flexibility index (Phi) is 3.73.